The molecule has 0 fully saturated rings. The van der Waals surface area contributed by atoms with Crippen LogP contribution in [0.1, 0.15) is 91.4 Å². The van der Waals surface area contributed by atoms with Gasteiger partial charge in [0.1, 0.15) is 30.7 Å². The second-order valence-electron chi connectivity index (χ2n) is 10.8. The molecule has 0 saturated heterocycles. The number of ketones is 3. The third-order valence-corrected chi connectivity index (χ3v) is 7.60. The first-order valence-electron chi connectivity index (χ1n) is 15.1. The molecule has 0 heterocycles. The summed E-state index contributed by atoms with van der Waals surface area (Å²) in [5, 5.41) is 31.8. The molecular weight excluding hydrogens is 615 g/mol. The van der Waals surface area contributed by atoms with E-state index < -0.39 is 86.5 Å². The lowest BCUT2D eigenvalue weighted by Gasteiger charge is -2.19. The number of hydrogen-bond acceptors (Lipinski definition) is 10. The van der Waals surface area contributed by atoms with Crippen LogP contribution < -0.4 is 10.6 Å². The highest BCUT2D eigenvalue weighted by Crippen LogP contribution is 2.22. The van der Waals surface area contributed by atoms with E-state index in [1.807, 2.05) is 0 Å². The van der Waals surface area contributed by atoms with Gasteiger partial charge in [-0.05, 0) is 45.7 Å². The fourth-order valence-electron chi connectivity index (χ4n) is 4.40. The summed E-state index contributed by atoms with van der Waals surface area (Å²) < 4.78 is 12.0. The predicted octanol–water partition coefficient (Wildman–Crippen LogP) is 1.88. The molecule has 6 atom stereocenters. The molecule has 6 unspecified atom stereocenters. The van der Waals surface area contributed by atoms with Crippen LogP contribution in [-0.2, 0) is 47.7 Å². The Labute approximate surface area is 264 Å². The molecule has 0 saturated carbocycles. The molecule has 0 aliphatic rings. The number of nitrogens with one attached hydrogen (secondary N) is 2. The van der Waals surface area contributed by atoms with Gasteiger partial charge in [0, 0.05) is 56.3 Å². The Balaban J connectivity index is 4.97. The van der Waals surface area contributed by atoms with Crippen molar-refractivity contribution in [2.75, 3.05) is 6.66 Å². The lowest BCUT2D eigenvalue weighted by atomic mass is 9.84. The van der Waals surface area contributed by atoms with E-state index in [0.29, 0.717) is 6.42 Å². The molecule has 0 aliphatic carbocycles. The van der Waals surface area contributed by atoms with Crippen LogP contribution in [0.15, 0.2) is 0 Å². The van der Waals surface area contributed by atoms with E-state index in [1.54, 1.807) is 6.92 Å². The zero-order chi connectivity index (χ0) is 35.6. The summed E-state index contributed by atoms with van der Waals surface area (Å²) in [5.41, 5.74) is 0. The second-order valence-corrected chi connectivity index (χ2v) is 11.3. The Morgan fingerprint density at radius 3 is 1.64 bits per heavy atom. The molecule has 0 aromatic rings. The number of carboxylic acid groups (broad SMARTS) is 3. The monoisotopic (exact) mass is 662 g/mol. The van der Waals surface area contributed by atoms with E-state index in [0.717, 1.165) is 0 Å². The van der Waals surface area contributed by atoms with E-state index in [-0.39, 0.29) is 69.4 Å². The van der Waals surface area contributed by atoms with Gasteiger partial charge >= 0.3 is 23.9 Å². The summed E-state index contributed by atoms with van der Waals surface area (Å²) in [5.74, 6) is -9.38. The molecule has 0 aromatic heterocycles. The molecule has 5 N–H and O–H groups in total. The SMILES string of the molecule is [3H]P(C)OC(=O)CCC(NC(=O)CCC(CC(=O)C(C)CC(=O)C(CC)CCC(=O)NC(CCC(=O)O)C(=O)O)C(C)=O)C(=O)O. The van der Waals surface area contributed by atoms with Crippen LogP contribution in [0, 0.1) is 17.8 Å². The van der Waals surface area contributed by atoms with Crippen molar-refractivity contribution in [2.24, 2.45) is 17.8 Å². The molecule has 0 aromatic carbocycles. The predicted molar refractivity (Wildman–Crippen MR) is 160 cm³/mol. The number of carbonyl (C=O) groups excluding carboxylic acids is 6. The van der Waals surface area contributed by atoms with Crippen LogP contribution in [0.4, 0.5) is 0 Å². The van der Waals surface area contributed by atoms with Crippen molar-refractivity contribution in [2.45, 2.75) is 103 Å². The first kappa shape index (κ1) is 39.3. The van der Waals surface area contributed by atoms with Crippen LogP contribution >= 0.6 is 8.75 Å². The Bertz CT molecular complexity index is 1130. The fourth-order valence-corrected chi connectivity index (χ4v) is 4.70. The average molecular weight is 663 g/mol. The van der Waals surface area contributed by atoms with Crippen molar-refractivity contribution in [3.05, 3.63) is 0 Å². The summed E-state index contributed by atoms with van der Waals surface area (Å²) in [6.07, 6.45) is -1.82. The van der Waals surface area contributed by atoms with E-state index in [9.17, 15) is 53.4 Å². The van der Waals surface area contributed by atoms with Gasteiger partial charge in [-0.2, -0.15) is 0 Å². The van der Waals surface area contributed by atoms with Crippen LogP contribution in [0.2, 0.25) is 0 Å². The third kappa shape index (κ3) is 18.0. The molecule has 0 aliphatic heterocycles. The molecule has 2 amide bonds. The van der Waals surface area contributed by atoms with Gasteiger partial charge in [-0.25, -0.2) is 9.59 Å². The minimum absolute atomic E-state index is 0.0581. The van der Waals surface area contributed by atoms with E-state index >= 15 is 0 Å². The second kappa shape index (κ2) is 21.9. The Morgan fingerprint density at radius 1 is 0.733 bits per heavy atom. The van der Waals surface area contributed by atoms with Crippen molar-refractivity contribution in [3.8, 4) is 0 Å². The van der Waals surface area contributed by atoms with E-state index in [2.05, 4.69) is 10.6 Å². The van der Waals surface area contributed by atoms with Gasteiger partial charge in [-0.1, -0.05) is 13.8 Å². The summed E-state index contributed by atoms with van der Waals surface area (Å²) in [7, 11) is -1.71. The lowest BCUT2D eigenvalue weighted by molar-refractivity contribution is -0.143. The number of carbonyl (C=O) groups is 9. The largest absolute Gasteiger partial charge is 0.481 e. The van der Waals surface area contributed by atoms with Gasteiger partial charge in [0.15, 0.2) is 0 Å². The number of rotatable bonds is 25. The van der Waals surface area contributed by atoms with Gasteiger partial charge < -0.3 is 30.5 Å². The summed E-state index contributed by atoms with van der Waals surface area (Å²) >= 11 is 0. The van der Waals surface area contributed by atoms with Gasteiger partial charge in [0.05, 0.1) is 8.75 Å². The summed E-state index contributed by atoms with van der Waals surface area (Å²) in [4.78, 5) is 108. The third-order valence-electron chi connectivity index (χ3n) is 7.21. The number of amides is 2. The first-order chi connectivity index (χ1) is 21.4. The Kier molecular flexibility index (Phi) is 19.1. The maximum atomic E-state index is 12.9. The van der Waals surface area contributed by atoms with Crippen molar-refractivity contribution < 1.29 is 63.0 Å². The van der Waals surface area contributed by atoms with E-state index in [1.165, 1.54) is 20.5 Å². The van der Waals surface area contributed by atoms with Gasteiger partial charge in [-0.3, -0.25) is 33.6 Å². The van der Waals surface area contributed by atoms with Gasteiger partial charge in [0.25, 0.3) is 0 Å². The normalized spacial score (nSPS) is 15.2. The highest BCUT2D eigenvalue weighted by Gasteiger charge is 2.28. The minimum Gasteiger partial charge on any atom is -0.481 e. The first-order valence-corrected chi connectivity index (χ1v) is 15.9. The van der Waals surface area contributed by atoms with Crippen molar-refractivity contribution >= 4 is 61.8 Å². The van der Waals surface area contributed by atoms with Crippen LogP contribution in [0.25, 0.3) is 0 Å². The van der Waals surface area contributed by atoms with Crippen molar-refractivity contribution in [3.63, 3.8) is 0 Å². The number of Topliss-reactive ketones (excluding diaryl/α,β-unsaturated/α-hetero) is 3. The number of aliphatic carboxylic acids is 3. The molecule has 16 heteroatoms. The fraction of sp³-hybridized carbons (Fsp3) is 0.690. The van der Waals surface area contributed by atoms with Crippen molar-refractivity contribution in [1.29, 1.82) is 1.28 Å². The molecule has 0 bridgehead atoms. The number of carboxylic acids is 3. The van der Waals surface area contributed by atoms with Crippen molar-refractivity contribution in [1.82, 2.24) is 10.6 Å². The average Bonchev–Trinajstić information content (AvgIpc) is 2.94. The lowest BCUT2D eigenvalue weighted by Crippen LogP contribution is -2.41. The smallest absolute Gasteiger partial charge is 0.326 e. The molecular formula is C29H45N2O13P. The number of hydrogen-bond donors (Lipinski definition) is 5. The summed E-state index contributed by atoms with van der Waals surface area (Å²) in [6, 6.07) is -2.78. The van der Waals surface area contributed by atoms with Crippen LogP contribution in [0.3, 0.4) is 0 Å². The molecule has 0 spiro atoms. The zero-order valence-corrected chi connectivity index (χ0v) is 26.9. The molecule has 15 nitrogen and oxygen atoms in total. The highest BCUT2D eigenvalue weighted by atomic mass is 31.1. The van der Waals surface area contributed by atoms with Crippen LogP contribution in [0.5, 0.6) is 0 Å². The minimum atomic E-state index is -1.71. The molecule has 254 valence electrons. The Morgan fingerprint density at radius 2 is 1.22 bits per heavy atom. The summed E-state index contributed by atoms with van der Waals surface area (Å²) in [6.45, 7) is 5.87. The topological polar surface area (TPSA) is 248 Å². The van der Waals surface area contributed by atoms with Gasteiger partial charge in [-0.15, -0.1) is 0 Å². The maximum Gasteiger partial charge on any atom is 0.326 e. The highest BCUT2D eigenvalue weighted by molar-refractivity contribution is 7.31. The molecule has 0 radical (unpaired) electrons. The Hall–Kier alpha value is -3.74. The molecule has 45 heavy (non-hydrogen) atoms. The quantitative estimate of drug-likeness (QED) is 0.0877. The standard InChI is InChI=1S/C29H45N2O13P/c1-5-18(6-10-24(35)30-20(28(40)41)8-12-26(37)38)23(34)14-16(2)22(33)15-19(17(3)32)7-11-25(36)31-21(29(42)43)9-13-27(39)44-45-4/h16,18-21,45H,5-15H2,1-4H3,(H,30,35)(H,31,36)(H,37,38)(H,40,41)(H,42,43)/i45T. The maximum absolute atomic E-state index is 12.9. The van der Waals surface area contributed by atoms with Crippen LogP contribution in [-0.4, -0.2) is 88.4 Å². The molecule has 0 rings (SSSR count). The van der Waals surface area contributed by atoms with E-state index in [4.69, 9.17) is 10.9 Å². The van der Waals surface area contributed by atoms with Gasteiger partial charge in [0.2, 0.25) is 11.8 Å². The zero-order valence-electron chi connectivity index (χ0n) is 27.0.